The normalized spacial score (nSPS) is 14.5. The smallest absolute Gasteiger partial charge is 0.123 e. The molecule has 2 atom stereocenters. The number of benzene rings is 1. The molecule has 0 fully saturated rings. The molecule has 0 heterocycles. The van der Waals surface area contributed by atoms with Crippen molar-refractivity contribution in [3.05, 3.63) is 35.1 Å². The summed E-state index contributed by atoms with van der Waals surface area (Å²) in [4.78, 5) is 0. The molecule has 0 aromatic heterocycles. The molecule has 1 aromatic rings. The Balaban J connectivity index is 2.56. The van der Waals surface area contributed by atoms with E-state index in [-0.39, 0.29) is 11.9 Å². The average Bonchev–Trinajstić information content (AvgIpc) is 2.36. The van der Waals surface area contributed by atoms with E-state index in [0.717, 1.165) is 24.8 Å². The van der Waals surface area contributed by atoms with Gasteiger partial charge in [0.15, 0.2) is 0 Å². The van der Waals surface area contributed by atoms with Gasteiger partial charge in [-0.05, 0) is 63.4 Å². The van der Waals surface area contributed by atoms with Crippen LogP contribution in [0.15, 0.2) is 18.2 Å². The highest BCUT2D eigenvalue weighted by molar-refractivity contribution is 5.27. The summed E-state index contributed by atoms with van der Waals surface area (Å²) in [6, 6.07) is 5.42. The highest BCUT2D eigenvalue weighted by Gasteiger charge is 2.11. The molecule has 0 saturated heterocycles. The van der Waals surface area contributed by atoms with E-state index in [0.29, 0.717) is 6.04 Å². The minimum absolute atomic E-state index is 0.162. The number of hydrogen-bond donors (Lipinski definition) is 1. The first-order chi connectivity index (χ1) is 8.56. The summed E-state index contributed by atoms with van der Waals surface area (Å²) in [5.74, 6) is -0.162. The van der Waals surface area contributed by atoms with E-state index < -0.39 is 0 Å². The third-order valence-corrected chi connectivity index (χ3v) is 3.50. The fourth-order valence-corrected chi connectivity index (χ4v) is 2.06. The quantitative estimate of drug-likeness (QED) is 0.806. The van der Waals surface area contributed by atoms with Crippen molar-refractivity contribution in [3.8, 4) is 0 Å². The first-order valence-corrected chi connectivity index (χ1v) is 6.52. The zero-order valence-electron chi connectivity index (χ0n) is 11.8. The number of rotatable bonds is 7. The van der Waals surface area contributed by atoms with Crippen LogP contribution in [0, 0.1) is 12.7 Å². The predicted molar refractivity (Wildman–Crippen MR) is 73.4 cm³/mol. The van der Waals surface area contributed by atoms with Crippen molar-refractivity contribution in [1.29, 1.82) is 0 Å². The summed E-state index contributed by atoms with van der Waals surface area (Å²) in [5, 5.41) is 3.32. The maximum absolute atomic E-state index is 13.0. The molecule has 3 heteroatoms. The van der Waals surface area contributed by atoms with Crippen LogP contribution >= 0.6 is 0 Å². The molecule has 102 valence electrons. The van der Waals surface area contributed by atoms with Crippen LogP contribution in [-0.4, -0.2) is 26.3 Å². The number of methoxy groups -OCH3 is 1. The maximum atomic E-state index is 13.0. The molecule has 0 aliphatic heterocycles. The molecular weight excluding hydrogens is 229 g/mol. The van der Waals surface area contributed by atoms with Crippen LogP contribution in [0.2, 0.25) is 0 Å². The minimum Gasteiger partial charge on any atom is -0.382 e. The van der Waals surface area contributed by atoms with Gasteiger partial charge in [0.25, 0.3) is 0 Å². The lowest BCUT2D eigenvalue weighted by atomic mass is 9.97. The highest BCUT2D eigenvalue weighted by atomic mass is 19.1. The predicted octanol–water partition coefficient (Wildman–Crippen LogP) is 3.08. The standard InChI is InChI=1S/C15H24FNO/c1-11-9-14(16)7-6-13(11)10-15(17-3)8-5-12(2)18-4/h6-7,9,12,15,17H,5,8,10H2,1-4H3. The largest absolute Gasteiger partial charge is 0.382 e. The van der Waals surface area contributed by atoms with Crippen molar-refractivity contribution in [3.63, 3.8) is 0 Å². The Kier molecular flexibility index (Phi) is 6.30. The van der Waals surface area contributed by atoms with Crippen molar-refractivity contribution in [1.82, 2.24) is 5.32 Å². The van der Waals surface area contributed by atoms with Gasteiger partial charge in [0.05, 0.1) is 6.10 Å². The van der Waals surface area contributed by atoms with Crippen LogP contribution in [0.1, 0.15) is 30.9 Å². The van der Waals surface area contributed by atoms with Gasteiger partial charge in [0.2, 0.25) is 0 Å². The molecule has 1 rings (SSSR count). The first-order valence-electron chi connectivity index (χ1n) is 6.52. The Morgan fingerprint density at radius 3 is 2.61 bits per heavy atom. The van der Waals surface area contributed by atoms with E-state index in [2.05, 4.69) is 12.2 Å². The fraction of sp³-hybridized carbons (Fsp3) is 0.600. The summed E-state index contributed by atoms with van der Waals surface area (Å²) >= 11 is 0. The van der Waals surface area contributed by atoms with Gasteiger partial charge < -0.3 is 10.1 Å². The lowest BCUT2D eigenvalue weighted by molar-refractivity contribution is 0.106. The molecule has 18 heavy (non-hydrogen) atoms. The second-order valence-electron chi connectivity index (χ2n) is 4.88. The number of nitrogens with one attached hydrogen (secondary N) is 1. The first kappa shape index (κ1) is 15.1. The molecule has 0 spiro atoms. The SMILES string of the molecule is CNC(CCC(C)OC)Cc1ccc(F)cc1C. The van der Waals surface area contributed by atoms with Gasteiger partial charge in [-0.15, -0.1) is 0 Å². The molecule has 2 nitrogen and oxygen atoms in total. The minimum atomic E-state index is -0.162. The molecule has 0 radical (unpaired) electrons. The van der Waals surface area contributed by atoms with Gasteiger partial charge in [-0.25, -0.2) is 4.39 Å². The number of hydrogen-bond acceptors (Lipinski definition) is 2. The topological polar surface area (TPSA) is 21.3 Å². The number of halogens is 1. The highest BCUT2D eigenvalue weighted by Crippen LogP contribution is 2.15. The molecule has 0 amide bonds. The molecule has 0 aliphatic carbocycles. The molecular formula is C15H24FNO. The molecule has 1 aromatic carbocycles. The molecule has 0 bridgehead atoms. The van der Waals surface area contributed by atoms with Crippen LogP contribution in [0.25, 0.3) is 0 Å². The van der Waals surface area contributed by atoms with Gasteiger partial charge in [-0.3, -0.25) is 0 Å². The van der Waals surface area contributed by atoms with E-state index in [4.69, 9.17) is 4.74 Å². The van der Waals surface area contributed by atoms with Crippen LogP contribution in [0.3, 0.4) is 0 Å². The Bertz CT molecular complexity index is 368. The lowest BCUT2D eigenvalue weighted by Crippen LogP contribution is -2.29. The summed E-state index contributed by atoms with van der Waals surface area (Å²) < 4.78 is 18.3. The third-order valence-electron chi connectivity index (χ3n) is 3.50. The Hall–Kier alpha value is -0.930. The van der Waals surface area contributed by atoms with E-state index in [1.54, 1.807) is 13.2 Å². The van der Waals surface area contributed by atoms with E-state index in [1.165, 1.54) is 11.6 Å². The second-order valence-corrected chi connectivity index (χ2v) is 4.88. The van der Waals surface area contributed by atoms with Crippen LogP contribution < -0.4 is 5.32 Å². The van der Waals surface area contributed by atoms with Gasteiger partial charge in [-0.2, -0.15) is 0 Å². The molecule has 1 N–H and O–H groups in total. The van der Waals surface area contributed by atoms with Gasteiger partial charge in [0, 0.05) is 13.2 Å². The Labute approximate surface area is 110 Å². The van der Waals surface area contributed by atoms with Crippen molar-refractivity contribution < 1.29 is 9.13 Å². The van der Waals surface area contributed by atoms with Crippen LogP contribution in [0.5, 0.6) is 0 Å². The fourth-order valence-electron chi connectivity index (χ4n) is 2.06. The van der Waals surface area contributed by atoms with Crippen LogP contribution in [0.4, 0.5) is 4.39 Å². The summed E-state index contributed by atoms with van der Waals surface area (Å²) in [7, 11) is 3.71. The number of aryl methyl sites for hydroxylation is 1. The van der Waals surface area contributed by atoms with E-state index in [1.807, 2.05) is 20.0 Å². The van der Waals surface area contributed by atoms with Crippen molar-refractivity contribution in [2.24, 2.45) is 0 Å². The summed E-state index contributed by atoms with van der Waals surface area (Å²) in [5.41, 5.74) is 2.23. The van der Waals surface area contributed by atoms with Crippen molar-refractivity contribution in [2.75, 3.05) is 14.2 Å². The Morgan fingerprint density at radius 1 is 1.33 bits per heavy atom. The van der Waals surface area contributed by atoms with Gasteiger partial charge in [0.1, 0.15) is 5.82 Å². The van der Waals surface area contributed by atoms with Crippen molar-refractivity contribution >= 4 is 0 Å². The van der Waals surface area contributed by atoms with Gasteiger partial charge >= 0.3 is 0 Å². The van der Waals surface area contributed by atoms with E-state index >= 15 is 0 Å². The summed E-state index contributed by atoms with van der Waals surface area (Å²) in [6.07, 6.45) is 3.30. The van der Waals surface area contributed by atoms with E-state index in [9.17, 15) is 4.39 Å². The molecule has 0 aliphatic rings. The Morgan fingerprint density at radius 2 is 2.06 bits per heavy atom. The maximum Gasteiger partial charge on any atom is 0.123 e. The lowest BCUT2D eigenvalue weighted by Gasteiger charge is -2.19. The monoisotopic (exact) mass is 253 g/mol. The third kappa shape index (κ3) is 4.75. The summed E-state index contributed by atoms with van der Waals surface area (Å²) in [6.45, 7) is 4.04. The van der Waals surface area contributed by atoms with Gasteiger partial charge in [-0.1, -0.05) is 6.07 Å². The second kappa shape index (κ2) is 7.49. The number of likely N-dealkylation sites (N-methyl/N-ethyl adjacent to an activating group) is 1. The van der Waals surface area contributed by atoms with Crippen molar-refractivity contribution in [2.45, 2.75) is 45.3 Å². The zero-order chi connectivity index (χ0) is 13.5. The molecule has 0 saturated carbocycles. The average molecular weight is 253 g/mol. The number of ether oxygens (including phenoxy) is 1. The van der Waals surface area contributed by atoms with Crippen LogP contribution in [-0.2, 0) is 11.2 Å². The zero-order valence-corrected chi connectivity index (χ0v) is 11.8. The molecule has 2 unspecified atom stereocenters.